The van der Waals surface area contributed by atoms with Gasteiger partial charge in [0.15, 0.2) is 0 Å². The normalized spacial score (nSPS) is 31.9. The van der Waals surface area contributed by atoms with Gasteiger partial charge in [-0.25, -0.2) is 0 Å². The smallest absolute Gasteiger partial charge is 0.0897 e. The molecule has 17 heavy (non-hydrogen) atoms. The number of aliphatic hydroxyl groups excluding tert-OH is 1. The lowest BCUT2D eigenvalue weighted by Gasteiger charge is -2.61. The average molecular weight is 243 g/mol. The molecule has 2 fully saturated rings. The fourth-order valence-corrected chi connectivity index (χ4v) is 3.25. The monoisotopic (exact) mass is 243 g/mol. The van der Waals surface area contributed by atoms with Gasteiger partial charge in [0.05, 0.1) is 18.8 Å². The number of hydrogen-bond acceptors (Lipinski definition) is 4. The second-order valence-electron chi connectivity index (χ2n) is 5.34. The van der Waals surface area contributed by atoms with Crippen LogP contribution in [-0.4, -0.2) is 50.2 Å². The molecule has 0 saturated heterocycles. The number of nitrogens with one attached hydrogen (secondary N) is 1. The quantitative estimate of drug-likeness (QED) is 0.698. The highest BCUT2D eigenvalue weighted by molar-refractivity contribution is 5.12. The van der Waals surface area contributed by atoms with Gasteiger partial charge in [0.25, 0.3) is 0 Å². The second-order valence-corrected chi connectivity index (χ2v) is 5.34. The number of hydrogen-bond donors (Lipinski definition) is 2. The van der Waals surface area contributed by atoms with E-state index in [1.54, 1.807) is 7.11 Å². The van der Waals surface area contributed by atoms with Crippen LogP contribution < -0.4 is 5.32 Å². The van der Waals surface area contributed by atoms with Gasteiger partial charge in [0.1, 0.15) is 0 Å². The van der Waals surface area contributed by atoms with Gasteiger partial charge in [0, 0.05) is 31.7 Å². The fraction of sp³-hybridized carbons (Fsp3) is 1.00. The lowest BCUT2D eigenvalue weighted by molar-refractivity contribution is -0.173. The van der Waals surface area contributed by atoms with E-state index in [-0.39, 0.29) is 0 Å². The Morgan fingerprint density at radius 2 is 2.24 bits per heavy atom. The molecule has 4 heteroatoms. The molecular formula is C13H25NO3. The largest absolute Gasteiger partial charge is 0.389 e. The molecule has 2 aliphatic rings. The van der Waals surface area contributed by atoms with Crippen LogP contribution in [0, 0.1) is 5.41 Å². The lowest BCUT2D eigenvalue weighted by atomic mass is 9.51. The Morgan fingerprint density at radius 3 is 2.76 bits per heavy atom. The minimum Gasteiger partial charge on any atom is -0.389 e. The first kappa shape index (κ1) is 13.3. The van der Waals surface area contributed by atoms with E-state index in [0.717, 1.165) is 13.0 Å². The van der Waals surface area contributed by atoms with E-state index in [2.05, 4.69) is 12.2 Å². The molecule has 0 bridgehead atoms. The van der Waals surface area contributed by atoms with Crippen molar-refractivity contribution in [2.45, 2.75) is 50.9 Å². The summed E-state index contributed by atoms with van der Waals surface area (Å²) in [4.78, 5) is 0. The van der Waals surface area contributed by atoms with Gasteiger partial charge in [-0.3, -0.25) is 0 Å². The first-order chi connectivity index (χ1) is 8.23. The predicted octanol–water partition coefficient (Wildman–Crippen LogP) is 0.931. The minimum atomic E-state index is -0.400. The molecule has 100 valence electrons. The van der Waals surface area contributed by atoms with Crippen LogP contribution in [0.4, 0.5) is 0 Å². The van der Waals surface area contributed by atoms with Crippen molar-refractivity contribution in [3.63, 3.8) is 0 Å². The fourth-order valence-electron chi connectivity index (χ4n) is 3.25. The number of ether oxygens (including phenoxy) is 2. The standard InChI is InChI=1S/C13H25NO3/c1-3-17-12-7-11(13(12)5-4-6-13)14-8-10(15)9-16-2/h10-12,14-15H,3-9H2,1-2H3. The number of methoxy groups -OCH3 is 1. The Kier molecular flexibility index (Phi) is 4.42. The van der Waals surface area contributed by atoms with E-state index in [4.69, 9.17) is 9.47 Å². The highest BCUT2D eigenvalue weighted by atomic mass is 16.5. The van der Waals surface area contributed by atoms with Crippen LogP contribution in [0.25, 0.3) is 0 Å². The first-order valence-electron chi connectivity index (χ1n) is 6.75. The molecule has 0 aromatic carbocycles. The van der Waals surface area contributed by atoms with E-state index in [0.29, 0.717) is 30.7 Å². The molecule has 0 aromatic heterocycles. The third-order valence-electron chi connectivity index (χ3n) is 4.40. The molecule has 0 amide bonds. The Morgan fingerprint density at radius 1 is 1.47 bits per heavy atom. The summed E-state index contributed by atoms with van der Waals surface area (Å²) in [6.45, 7) is 3.90. The van der Waals surface area contributed by atoms with Crippen LogP contribution in [-0.2, 0) is 9.47 Å². The summed E-state index contributed by atoms with van der Waals surface area (Å²) in [6.07, 6.45) is 5.00. The predicted molar refractivity (Wildman–Crippen MR) is 66.0 cm³/mol. The summed E-state index contributed by atoms with van der Waals surface area (Å²) in [5.41, 5.74) is 0.378. The highest BCUT2D eigenvalue weighted by Crippen LogP contribution is 2.57. The topological polar surface area (TPSA) is 50.7 Å². The zero-order valence-electron chi connectivity index (χ0n) is 10.9. The molecule has 2 rings (SSSR count). The molecule has 1 spiro atoms. The lowest BCUT2D eigenvalue weighted by Crippen LogP contribution is -2.67. The van der Waals surface area contributed by atoms with Crippen molar-refractivity contribution in [2.75, 3.05) is 26.9 Å². The maximum Gasteiger partial charge on any atom is 0.0897 e. The Labute approximate surface area is 104 Å². The first-order valence-corrected chi connectivity index (χ1v) is 6.75. The second kappa shape index (κ2) is 5.65. The molecular weight excluding hydrogens is 218 g/mol. The number of aliphatic hydroxyl groups is 1. The summed E-state index contributed by atoms with van der Waals surface area (Å²) in [5.74, 6) is 0. The SMILES string of the molecule is CCOC1CC(NCC(O)COC)C12CCC2. The van der Waals surface area contributed by atoms with Gasteiger partial charge in [-0.05, 0) is 26.2 Å². The maximum absolute atomic E-state index is 9.63. The van der Waals surface area contributed by atoms with Crippen molar-refractivity contribution in [2.24, 2.45) is 5.41 Å². The highest BCUT2D eigenvalue weighted by Gasteiger charge is 2.58. The van der Waals surface area contributed by atoms with E-state index in [1.807, 2.05) is 0 Å². The molecule has 2 aliphatic carbocycles. The van der Waals surface area contributed by atoms with Crippen LogP contribution in [0.15, 0.2) is 0 Å². The molecule has 0 radical (unpaired) electrons. The van der Waals surface area contributed by atoms with Gasteiger partial charge in [-0.15, -0.1) is 0 Å². The zero-order chi connectivity index (χ0) is 12.3. The van der Waals surface area contributed by atoms with Crippen LogP contribution in [0.1, 0.15) is 32.6 Å². The Balaban J connectivity index is 1.75. The van der Waals surface area contributed by atoms with Crippen LogP contribution >= 0.6 is 0 Å². The molecule has 2 N–H and O–H groups in total. The van der Waals surface area contributed by atoms with Crippen molar-refractivity contribution in [1.29, 1.82) is 0 Å². The van der Waals surface area contributed by atoms with Crippen LogP contribution in [0.2, 0.25) is 0 Å². The van der Waals surface area contributed by atoms with Crippen molar-refractivity contribution >= 4 is 0 Å². The summed E-state index contributed by atoms with van der Waals surface area (Å²) in [7, 11) is 1.62. The Hall–Kier alpha value is -0.160. The van der Waals surface area contributed by atoms with Crippen molar-refractivity contribution in [1.82, 2.24) is 5.32 Å². The molecule has 3 atom stereocenters. The summed E-state index contributed by atoms with van der Waals surface area (Å²) in [6, 6.07) is 0.527. The molecule has 2 saturated carbocycles. The van der Waals surface area contributed by atoms with Gasteiger partial charge in [0.2, 0.25) is 0 Å². The summed E-state index contributed by atoms with van der Waals surface area (Å²) in [5, 5.41) is 13.1. The van der Waals surface area contributed by atoms with Crippen molar-refractivity contribution < 1.29 is 14.6 Å². The van der Waals surface area contributed by atoms with E-state index < -0.39 is 6.10 Å². The molecule has 0 aromatic rings. The molecule has 0 heterocycles. The van der Waals surface area contributed by atoms with Gasteiger partial charge >= 0.3 is 0 Å². The van der Waals surface area contributed by atoms with Gasteiger partial charge in [-0.1, -0.05) is 6.42 Å². The minimum absolute atomic E-state index is 0.378. The third kappa shape index (κ3) is 2.50. The van der Waals surface area contributed by atoms with Crippen LogP contribution in [0.3, 0.4) is 0 Å². The van der Waals surface area contributed by atoms with Crippen molar-refractivity contribution in [3.05, 3.63) is 0 Å². The molecule has 3 unspecified atom stereocenters. The van der Waals surface area contributed by atoms with Crippen LogP contribution in [0.5, 0.6) is 0 Å². The molecule has 0 aliphatic heterocycles. The van der Waals surface area contributed by atoms with Gasteiger partial charge in [-0.2, -0.15) is 0 Å². The zero-order valence-corrected chi connectivity index (χ0v) is 10.9. The van der Waals surface area contributed by atoms with Crippen molar-refractivity contribution in [3.8, 4) is 0 Å². The summed E-state index contributed by atoms with van der Waals surface area (Å²) < 4.78 is 10.7. The molecule has 4 nitrogen and oxygen atoms in total. The number of rotatable bonds is 7. The third-order valence-corrected chi connectivity index (χ3v) is 4.40. The van der Waals surface area contributed by atoms with Gasteiger partial charge < -0.3 is 19.9 Å². The van der Waals surface area contributed by atoms with E-state index >= 15 is 0 Å². The van der Waals surface area contributed by atoms with E-state index in [9.17, 15) is 5.11 Å². The maximum atomic E-state index is 9.63. The Bertz CT molecular complexity index is 243. The van der Waals surface area contributed by atoms with E-state index in [1.165, 1.54) is 19.3 Å². The summed E-state index contributed by atoms with van der Waals surface area (Å²) >= 11 is 0. The average Bonchev–Trinajstić information content (AvgIpc) is 2.20.